The van der Waals surface area contributed by atoms with Crippen molar-refractivity contribution in [2.45, 2.75) is 32.3 Å². The molecule has 122 valence electrons. The number of piperidine rings is 3. The van der Waals surface area contributed by atoms with Gasteiger partial charge < -0.3 is 14.8 Å². The van der Waals surface area contributed by atoms with E-state index < -0.39 is 5.97 Å². The summed E-state index contributed by atoms with van der Waals surface area (Å²) in [5.41, 5.74) is 1.34. The summed E-state index contributed by atoms with van der Waals surface area (Å²) in [5.74, 6) is -0.916. The van der Waals surface area contributed by atoms with E-state index >= 15 is 0 Å². The van der Waals surface area contributed by atoms with E-state index in [4.69, 9.17) is 4.84 Å². The Morgan fingerprint density at radius 1 is 1.22 bits per heavy atom. The van der Waals surface area contributed by atoms with Gasteiger partial charge in [0.05, 0.1) is 17.3 Å². The average molecular weight is 314 g/mol. The van der Waals surface area contributed by atoms with Crippen LogP contribution in [0.25, 0.3) is 10.9 Å². The van der Waals surface area contributed by atoms with Crippen LogP contribution in [0, 0.1) is 5.41 Å². The van der Waals surface area contributed by atoms with Gasteiger partial charge in [0.1, 0.15) is 6.10 Å². The van der Waals surface area contributed by atoms with Crippen LogP contribution in [0.3, 0.4) is 0 Å². The van der Waals surface area contributed by atoms with Crippen LogP contribution < -0.4 is 4.84 Å². The van der Waals surface area contributed by atoms with E-state index in [1.54, 1.807) is 10.9 Å². The van der Waals surface area contributed by atoms with Crippen LogP contribution in [-0.4, -0.2) is 46.4 Å². The Kier molecular flexibility index (Phi) is 3.34. The number of aromatic nitrogens is 1. The smallest absolute Gasteiger partial charge is 0.338 e. The third-order valence-corrected chi connectivity index (χ3v) is 5.82. The number of hydrogen-bond donors (Lipinski definition) is 1. The molecule has 1 aromatic heterocycles. The average Bonchev–Trinajstić information content (AvgIpc) is 2.96. The highest BCUT2D eigenvalue weighted by molar-refractivity contribution is 6.03. The molecule has 2 bridgehead atoms. The molecule has 3 aliphatic rings. The van der Waals surface area contributed by atoms with Crippen molar-refractivity contribution in [3.63, 3.8) is 0 Å². The van der Waals surface area contributed by atoms with Crippen molar-refractivity contribution in [3.8, 4) is 0 Å². The molecule has 0 aliphatic carbocycles. The molecule has 5 rings (SSSR count). The molecule has 0 spiro atoms. The Balaban J connectivity index is 1.66. The van der Waals surface area contributed by atoms with E-state index in [0.717, 1.165) is 30.5 Å². The summed E-state index contributed by atoms with van der Waals surface area (Å²) >= 11 is 0. The summed E-state index contributed by atoms with van der Waals surface area (Å²) in [5, 5.41) is 10.1. The van der Waals surface area contributed by atoms with Crippen molar-refractivity contribution in [2.75, 3.05) is 19.6 Å². The van der Waals surface area contributed by atoms with Gasteiger partial charge in [0, 0.05) is 10.8 Å². The van der Waals surface area contributed by atoms with Crippen molar-refractivity contribution in [1.29, 1.82) is 0 Å². The van der Waals surface area contributed by atoms with E-state index in [9.17, 15) is 9.90 Å². The first kappa shape index (κ1) is 14.6. The number of fused-ring (bicyclic) bond motifs is 4. The molecule has 1 atom stereocenters. The Labute approximate surface area is 135 Å². The summed E-state index contributed by atoms with van der Waals surface area (Å²) in [6.07, 6.45) is 5.18. The van der Waals surface area contributed by atoms with Crippen LogP contribution in [0.4, 0.5) is 0 Å². The molecule has 5 nitrogen and oxygen atoms in total. The van der Waals surface area contributed by atoms with E-state index in [1.165, 1.54) is 19.3 Å². The van der Waals surface area contributed by atoms with Crippen LogP contribution in [0.5, 0.6) is 0 Å². The van der Waals surface area contributed by atoms with E-state index in [0.29, 0.717) is 5.56 Å². The zero-order valence-corrected chi connectivity index (χ0v) is 13.4. The molecule has 23 heavy (non-hydrogen) atoms. The molecule has 3 aliphatic heterocycles. The zero-order chi connectivity index (χ0) is 16.0. The first-order valence-corrected chi connectivity index (χ1v) is 8.32. The van der Waals surface area contributed by atoms with Crippen LogP contribution in [-0.2, 0) is 0 Å². The van der Waals surface area contributed by atoms with Crippen LogP contribution in [0.15, 0.2) is 30.5 Å². The Morgan fingerprint density at radius 3 is 2.52 bits per heavy atom. The molecular weight excluding hydrogens is 292 g/mol. The summed E-state index contributed by atoms with van der Waals surface area (Å²) in [6.45, 7) is 5.59. The van der Waals surface area contributed by atoms with Crippen LogP contribution >= 0.6 is 0 Å². The molecule has 2 aromatic rings. The van der Waals surface area contributed by atoms with Gasteiger partial charge in [-0.25, -0.2) is 4.79 Å². The second kappa shape index (κ2) is 5.27. The molecule has 3 fully saturated rings. The standard InChI is InChI=1S/C18H22N2O3/c1-13(18-6-9-19(10-7-18)11-8-18)23-20-12-15(17(21)22)14-4-2-3-5-16(14)20/h2-5,12-13H,6-11H2,1H3,(H,21,22). The fraction of sp³-hybridized carbons (Fsp3) is 0.500. The number of carboxylic acid groups (broad SMARTS) is 1. The van der Waals surface area contributed by atoms with E-state index in [-0.39, 0.29) is 11.5 Å². The maximum atomic E-state index is 11.5. The summed E-state index contributed by atoms with van der Waals surface area (Å²) < 4.78 is 1.67. The fourth-order valence-electron chi connectivity index (χ4n) is 4.15. The minimum atomic E-state index is -0.916. The maximum absolute atomic E-state index is 11.5. The van der Waals surface area contributed by atoms with Gasteiger partial charge in [0.2, 0.25) is 0 Å². The quantitative estimate of drug-likeness (QED) is 0.942. The number of carbonyl (C=O) groups is 1. The van der Waals surface area contributed by atoms with Crippen molar-refractivity contribution in [2.24, 2.45) is 5.41 Å². The number of benzene rings is 1. The first-order chi connectivity index (χ1) is 11.1. The number of nitrogens with zero attached hydrogens (tertiary/aromatic N) is 2. The highest BCUT2D eigenvalue weighted by atomic mass is 16.7. The predicted octanol–water partition coefficient (Wildman–Crippen LogP) is 2.64. The number of rotatable bonds is 4. The predicted molar refractivity (Wildman–Crippen MR) is 87.7 cm³/mol. The normalized spacial score (nSPS) is 28.0. The monoisotopic (exact) mass is 314 g/mol. The largest absolute Gasteiger partial charge is 0.478 e. The van der Waals surface area contributed by atoms with Gasteiger partial charge in [0.15, 0.2) is 0 Å². The number of para-hydroxylation sites is 1. The highest BCUT2D eigenvalue weighted by Crippen LogP contribution is 2.43. The second-order valence-electron chi connectivity index (χ2n) is 6.89. The molecule has 0 radical (unpaired) electrons. The minimum Gasteiger partial charge on any atom is -0.478 e. The summed E-state index contributed by atoms with van der Waals surface area (Å²) in [6, 6.07) is 7.52. The molecule has 0 amide bonds. The molecule has 0 saturated carbocycles. The maximum Gasteiger partial charge on any atom is 0.338 e. The molecule has 1 N–H and O–H groups in total. The lowest BCUT2D eigenvalue weighted by atomic mass is 9.69. The Bertz CT molecular complexity index is 730. The van der Waals surface area contributed by atoms with E-state index in [2.05, 4.69) is 11.8 Å². The second-order valence-corrected chi connectivity index (χ2v) is 6.89. The van der Waals surface area contributed by atoms with Crippen molar-refractivity contribution in [1.82, 2.24) is 9.63 Å². The summed E-state index contributed by atoms with van der Waals surface area (Å²) in [4.78, 5) is 20.2. The number of carboxylic acids is 1. The van der Waals surface area contributed by atoms with Gasteiger partial charge in [-0.2, -0.15) is 4.73 Å². The molecule has 3 saturated heterocycles. The van der Waals surface area contributed by atoms with Crippen LogP contribution in [0.2, 0.25) is 0 Å². The van der Waals surface area contributed by atoms with E-state index in [1.807, 2.05) is 24.3 Å². The third kappa shape index (κ3) is 2.30. The van der Waals surface area contributed by atoms with Gasteiger partial charge in [-0.15, -0.1) is 0 Å². The van der Waals surface area contributed by atoms with Gasteiger partial charge >= 0.3 is 5.97 Å². The zero-order valence-electron chi connectivity index (χ0n) is 13.4. The highest BCUT2D eigenvalue weighted by Gasteiger charge is 2.45. The molecule has 5 heteroatoms. The van der Waals surface area contributed by atoms with Gasteiger partial charge in [0.25, 0.3) is 0 Å². The van der Waals surface area contributed by atoms with Crippen molar-refractivity contribution in [3.05, 3.63) is 36.0 Å². The molecule has 1 unspecified atom stereocenters. The topological polar surface area (TPSA) is 54.7 Å². The number of hydrogen-bond acceptors (Lipinski definition) is 3. The van der Waals surface area contributed by atoms with Crippen LogP contribution in [0.1, 0.15) is 36.5 Å². The van der Waals surface area contributed by atoms with Gasteiger partial charge in [-0.1, -0.05) is 18.2 Å². The summed E-state index contributed by atoms with van der Waals surface area (Å²) in [7, 11) is 0. The SMILES string of the molecule is CC(On1cc(C(=O)O)c2ccccc21)C12CCN(CC1)CC2. The fourth-order valence-corrected chi connectivity index (χ4v) is 4.15. The first-order valence-electron chi connectivity index (χ1n) is 8.32. The molecule has 4 heterocycles. The Hall–Kier alpha value is -2.01. The van der Waals surface area contributed by atoms with Gasteiger partial charge in [-0.3, -0.25) is 0 Å². The molecular formula is C18H22N2O3. The Morgan fingerprint density at radius 2 is 1.87 bits per heavy atom. The third-order valence-electron chi connectivity index (χ3n) is 5.82. The lowest BCUT2D eigenvalue weighted by Crippen LogP contribution is -2.54. The van der Waals surface area contributed by atoms with Crippen molar-refractivity contribution >= 4 is 16.9 Å². The minimum absolute atomic E-state index is 0.0717. The van der Waals surface area contributed by atoms with Crippen molar-refractivity contribution < 1.29 is 14.7 Å². The lowest BCUT2D eigenvalue weighted by Gasteiger charge is -2.50. The molecule has 1 aromatic carbocycles. The van der Waals surface area contributed by atoms with Gasteiger partial charge in [-0.05, 0) is 51.9 Å². The lowest BCUT2D eigenvalue weighted by molar-refractivity contribution is -0.0945. The number of aromatic carboxylic acids is 1.